The molecule has 1 aromatic heterocycles. The summed E-state index contributed by atoms with van der Waals surface area (Å²) in [5.74, 6) is 1.27. The van der Waals surface area contributed by atoms with E-state index in [2.05, 4.69) is 4.99 Å². The molecule has 0 spiro atoms. The molecule has 1 aliphatic rings. The first kappa shape index (κ1) is 18.6. The fourth-order valence-electron chi connectivity index (χ4n) is 3.02. The second kappa shape index (κ2) is 7.69. The number of hydrogen-bond acceptors (Lipinski definition) is 6. The minimum atomic E-state index is -0.0581. The first-order valence-electron chi connectivity index (χ1n) is 8.57. The molecule has 28 heavy (non-hydrogen) atoms. The topological polar surface area (TPSA) is 56.1 Å². The van der Waals surface area contributed by atoms with E-state index in [4.69, 9.17) is 21.1 Å². The number of rotatable bonds is 4. The summed E-state index contributed by atoms with van der Waals surface area (Å²) in [5, 5.41) is 0.679. The van der Waals surface area contributed by atoms with E-state index in [0.717, 1.165) is 16.1 Å². The van der Waals surface area contributed by atoms with Gasteiger partial charge in [-0.05, 0) is 48.0 Å². The van der Waals surface area contributed by atoms with Crippen LogP contribution in [0, 0.1) is 0 Å². The number of anilines is 1. The van der Waals surface area contributed by atoms with Crippen LogP contribution in [0.15, 0.2) is 52.3 Å². The molecule has 4 rings (SSSR count). The molecule has 1 aliphatic heterocycles. The molecule has 0 saturated heterocycles. The Labute approximate surface area is 170 Å². The van der Waals surface area contributed by atoms with Crippen molar-refractivity contribution in [3.8, 4) is 11.5 Å². The predicted molar refractivity (Wildman–Crippen MR) is 111 cm³/mol. The van der Waals surface area contributed by atoms with Crippen molar-refractivity contribution in [3.05, 3.63) is 72.7 Å². The van der Waals surface area contributed by atoms with Crippen LogP contribution in [0.1, 0.15) is 5.56 Å². The molecule has 0 atom stereocenters. The van der Waals surface area contributed by atoms with Gasteiger partial charge in [-0.25, -0.2) is 4.99 Å². The number of ether oxygens (including phenoxy) is 2. The van der Waals surface area contributed by atoms with Gasteiger partial charge in [-0.3, -0.25) is 9.36 Å². The monoisotopic (exact) mass is 415 g/mol. The number of nitrogens with zero attached hydrogens (tertiary/aromatic N) is 3. The van der Waals surface area contributed by atoms with Crippen molar-refractivity contribution in [1.29, 1.82) is 0 Å². The van der Waals surface area contributed by atoms with Gasteiger partial charge < -0.3 is 14.4 Å². The number of methoxy groups -OCH3 is 2. The molecule has 0 bridgehead atoms. The smallest absolute Gasteiger partial charge is 0.271 e. The second-order valence-corrected chi connectivity index (χ2v) is 7.64. The molecular weight excluding hydrogens is 398 g/mol. The minimum Gasteiger partial charge on any atom is -0.493 e. The molecule has 0 aliphatic carbocycles. The average molecular weight is 416 g/mol. The van der Waals surface area contributed by atoms with Crippen molar-refractivity contribution in [2.45, 2.75) is 6.67 Å². The number of aromatic nitrogens is 1. The fraction of sp³-hybridized carbons (Fsp3) is 0.200. The van der Waals surface area contributed by atoms with E-state index in [1.807, 2.05) is 53.4 Å². The van der Waals surface area contributed by atoms with Crippen LogP contribution in [-0.4, -0.2) is 25.5 Å². The molecule has 2 heterocycles. The normalized spacial score (nSPS) is 13.8. The summed E-state index contributed by atoms with van der Waals surface area (Å²) in [7, 11) is 3.18. The van der Waals surface area contributed by atoms with E-state index in [9.17, 15) is 4.79 Å². The van der Waals surface area contributed by atoms with E-state index in [-0.39, 0.29) is 5.56 Å². The van der Waals surface area contributed by atoms with Gasteiger partial charge in [-0.15, -0.1) is 0 Å². The summed E-state index contributed by atoms with van der Waals surface area (Å²) >= 11 is 7.35. The van der Waals surface area contributed by atoms with Crippen LogP contribution in [-0.2, 0) is 6.67 Å². The highest BCUT2D eigenvalue weighted by Gasteiger charge is 2.16. The number of benzene rings is 2. The summed E-state index contributed by atoms with van der Waals surface area (Å²) in [6.45, 7) is 0.951. The van der Waals surface area contributed by atoms with Gasteiger partial charge in [0, 0.05) is 10.7 Å². The molecule has 144 valence electrons. The Morgan fingerprint density at radius 3 is 2.57 bits per heavy atom. The molecule has 0 N–H and O–H groups in total. The summed E-state index contributed by atoms with van der Waals surface area (Å²) in [4.78, 5) is 20.2. The van der Waals surface area contributed by atoms with E-state index < -0.39 is 0 Å². The van der Waals surface area contributed by atoms with Gasteiger partial charge in [0.25, 0.3) is 5.56 Å². The van der Waals surface area contributed by atoms with Crippen molar-refractivity contribution in [2.24, 2.45) is 4.99 Å². The number of fused-ring (bicyclic) bond motifs is 1. The second-order valence-electron chi connectivity index (χ2n) is 6.20. The van der Waals surface area contributed by atoms with Crippen molar-refractivity contribution < 1.29 is 9.47 Å². The Morgan fingerprint density at radius 2 is 1.86 bits per heavy atom. The predicted octanol–water partition coefficient (Wildman–Crippen LogP) is 2.46. The Hall–Kier alpha value is -2.77. The molecule has 0 amide bonds. The summed E-state index contributed by atoms with van der Waals surface area (Å²) < 4.78 is 12.9. The zero-order chi connectivity index (χ0) is 19.7. The van der Waals surface area contributed by atoms with Crippen molar-refractivity contribution in [1.82, 2.24) is 4.57 Å². The van der Waals surface area contributed by atoms with Gasteiger partial charge in [-0.1, -0.05) is 29.0 Å². The molecular formula is C20H18ClN3O3S. The zero-order valence-electron chi connectivity index (χ0n) is 15.4. The van der Waals surface area contributed by atoms with Crippen LogP contribution in [0.5, 0.6) is 11.5 Å². The lowest BCUT2D eigenvalue weighted by atomic mass is 10.2. The van der Waals surface area contributed by atoms with Gasteiger partial charge in [0.2, 0.25) is 0 Å². The maximum Gasteiger partial charge on any atom is 0.271 e. The lowest BCUT2D eigenvalue weighted by molar-refractivity contribution is 0.355. The third-order valence-electron chi connectivity index (χ3n) is 4.47. The van der Waals surface area contributed by atoms with Crippen LogP contribution in [0.3, 0.4) is 0 Å². The Kier molecular flexibility index (Phi) is 5.11. The highest BCUT2D eigenvalue weighted by Crippen LogP contribution is 2.27. The van der Waals surface area contributed by atoms with Crippen molar-refractivity contribution in [3.63, 3.8) is 0 Å². The standard InChI is InChI=1S/C20H18ClN3O3S/c1-26-16-8-3-13(9-17(16)27-2)10-18-19(25)24-12-23(11-22-20(24)28-18)15-6-4-14(21)5-7-15/h3-10H,11-12H2,1-2H3/b18-10+. The number of hydrogen-bond donors (Lipinski definition) is 0. The van der Waals surface area contributed by atoms with Gasteiger partial charge in [-0.2, -0.15) is 0 Å². The van der Waals surface area contributed by atoms with Crippen LogP contribution >= 0.6 is 22.9 Å². The Balaban J connectivity index is 1.69. The van der Waals surface area contributed by atoms with E-state index in [0.29, 0.717) is 34.4 Å². The molecule has 0 saturated carbocycles. The van der Waals surface area contributed by atoms with Crippen LogP contribution in [0.25, 0.3) is 6.08 Å². The lowest BCUT2D eigenvalue weighted by Crippen LogP contribution is -2.42. The van der Waals surface area contributed by atoms with E-state index >= 15 is 0 Å². The van der Waals surface area contributed by atoms with Gasteiger partial charge >= 0.3 is 0 Å². The fourth-order valence-corrected chi connectivity index (χ4v) is 4.11. The molecule has 2 aromatic carbocycles. The summed E-state index contributed by atoms with van der Waals surface area (Å²) in [6, 6.07) is 13.1. The Bertz CT molecular complexity index is 1180. The minimum absolute atomic E-state index is 0.0581. The maximum absolute atomic E-state index is 12.9. The van der Waals surface area contributed by atoms with Gasteiger partial charge in [0.05, 0.1) is 18.8 Å². The molecule has 0 unspecified atom stereocenters. The highest BCUT2D eigenvalue weighted by molar-refractivity contribution is 7.07. The molecule has 0 radical (unpaired) electrons. The zero-order valence-corrected chi connectivity index (χ0v) is 17.0. The third-order valence-corrected chi connectivity index (χ3v) is 5.77. The van der Waals surface area contributed by atoms with Crippen molar-refractivity contribution in [2.75, 3.05) is 25.8 Å². The largest absolute Gasteiger partial charge is 0.493 e. The SMILES string of the molecule is COc1ccc(/C=c2/sc3n(c2=O)CN(c2ccc(Cl)cc2)CN=3)cc1OC. The van der Waals surface area contributed by atoms with E-state index in [1.54, 1.807) is 18.8 Å². The molecule has 3 aromatic rings. The van der Waals surface area contributed by atoms with Crippen LogP contribution in [0.4, 0.5) is 5.69 Å². The van der Waals surface area contributed by atoms with Gasteiger partial charge in [0.15, 0.2) is 16.3 Å². The first-order valence-corrected chi connectivity index (χ1v) is 9.77. The van der Waals surface area contributed by atoms with Gasteiger partial charge in [0.1, 0.15) is 13.3 Å². The summed E-state index contributed by atoms with van der Waals surface area (Å²) in [6.07, 6.45) is 1.85. The number of halogens is 1. The maximum atomic E-state index is 12.9. The molecule has 6 nitrogen and oxygen atoms in total. The average Bonchev–Trinajstić information content (AvgIpc) is 3.03. The lowest BCUT2D eigenvalue weighted by Gasteiger charge is -2.25. The van der Waals surface area contributed by atoms with Crippen LogP contribution in [0.2, 0.25) is 5.02 Å². The number of thiazole rings is 1. The quantitative estimate of drug-likeness (QED) is 0.657. The molecule has 8 heteroatoms. The van der Waals surface area contributed by atoms with Crippen molar-refractivity contribution >= 4 is 34.7 Å². The summed E-state index contributed by atoms with van der Waals surface area (Å²) in [5.41, 5.74) is 1.78. The third kappa shape index (κ3) is 3.50. The highest BCUT2D eigenvalue weighted by atomic mass is 35.5. The van der Waals surface area contributed by atoms with E-state index in [1.165, 1.54) is 11.3 Å². The van der Waals surface area contributed by atoms with Crippen LogP contribution < -0.4 is 29.3 Å². The molecule has 0 fully saturated rings. The first-order chi connectivity index (χ1) is 13.6. The Morgan fingerprint density at radius 1 is 1.11 bits per heavy atom.